The van der Waals surface area contributed by atoms with Gasteiger partial charge in [-0.15, -0.1) is 0 Å². The number of nitrogens with zero attached hydrogens (tertiary/aromatic N) is 2. The molecule has 1 aliphatic carbocycles. The Morgan fingerprint density at radius 1 is 1.37 bits per heavy atom. The molecule has 4 rings (SSSR count). The predicted octanol–water partition coefficient (Wildman–Crippen LogP) is 3.35. The number of aromatic amines is 1. The molecule has 8 nitrogen and oxygen atoms in total. The zero-order valence-corrected chi connectivity index (χ0v) is 18.5. The van der Waals surface area contributed by atoms with Gasteiger partial charge in [0.25, 0.3) is 0 Å². The number of hydrogen-bond donors (Lipinski definition) is 3. The second-order valence-electron chi connectivity index (χ2n) is 9.35. The van der Waals surface area contributed by atoms with Crippen molar-refractivity contribution in [1.29, 1.82) is 0 Å². The molecule has 9 heteroatoms. The van der Waals surface area contributed by atoms with Crippen LogP contribution in [0.15, 0.2) is 24.5 Å². The first-order valence-electron chi connectivity index (χ1n) is 10.5. The summed E-state index contributed by atoms with van der Waals surface area (Å²) >= 11 is -1.99. The van der Waals surface area contributed by atoms with Gasteiger partial charge in [-0.05, 0) is 57.2 Å². The minimum atomic E-state index is -1.99. The normalized spacial score (nSPS) is 26.9. The topological polar surface area (TPSA) is 108 Å². The molecule has 1 saturated heterocycles. The van der Waals surface area contributed by atoms with Crippen molar-refractivity contribution < 1.29 is 18.3 Å². The highest BCUT2D eigenvalue weighted by Gasteiger charge is 2.54. The zero-order valence-electron chi connectivity index (χ0n) is 17.7. The molecule has 30 heavy (non-hydrogen) atoms. The highest BCUT2D eigenvalue weighted by Crippen LogP contribution is 2.44. The van der Waals surface area contributed by atoms with Crippen molar-refractivity contribution in [3.05, 3.63) is 30.1 Å². The lowest BCUT2D eigenvalue weighted by Gasteiger charge is -2.53. The molecule has 0 bridgehead atoms. The predicted molar refractivity (Wildman–Crippen MR) is 116 cm³/mol. The molecule has 1 aliphatic heterocycles. The van der Waals surface area contributed by atoms with Crippen molar-refractivity contribution in [2.24, 2.45) is 0 Å². The fraction of sp³-hybridized carbons (Fsp3) is 0.619. The van der Waals surface area contributed by atoms with Gasteiger partial charge in [0, 0.05) is 49.8 Å². The lowest BCUT2D eigenvalue weighted by atomic mass is 9.81. The van der Waals surface area contributed by atoms with Crippen LogP contribution in [0.3, 0.4) is 0 Å². The summed E-state index contributed by atoms with van der Waals surface area (Å²) in [5, 5.41) is 3.98. The van der Waals surface area contributed by atoms with Crippen LogP contribution < -0.4 is 5.32 Å². The van der Waals surface area contributed by atoms with Gasteiger partial charge in [-0.1, -0.05) is 0 Å². The number of alkyl carbamates (subject to hydrolysis) is 1. The van der Waals surface area contributed by atoms with E-state index in [-0.39, 0.29) is 6.04 Å². The first-order chi connectivity index (χ1) is 14.2. The molecule has 2 fully saturated rings. The number of rotatable bonds is 4. The number of amides is 1. The average molecular weight is 435 g/mol. The molecule has 0 aromatic carbocycles. The number of hydrogen-bond acceptors (Lipinski definition) is 5. The maximum Gasteiger partial charge on any atom is 0.407 e. The summed E-state index contributed by atoms with van der Waals surface area (Å²) in [5.41, 5.74) is 1.61. The largest absolute Gasteiger partial charge is 0.444 e. The Morgan fingerprint density at radius 2 is 2.07 bits per heavy atom. The highest BCUT2D eigenvalue weighted by atomic mass is 32.2. The van der Waals surface area contributed by atoms with Crippen LogP contribution in [-0.4, -0.2) is 59.3 Å². The van der Waals surface area contributed by atoms with Gasteiger partial charge in [-0.25, -0.2) is 14.0 Å². The van der Waals surface area contributed by atoms with Crippen LogP contribution in [0.1, 0.15) is 57.9 Å². The van der Waals surface area contributed by atoms with E-state index >= 15 is 0 Å². The zero-order chi connectivity index (χ0) is 21.5. The van der Waals surface area contributed by atoms with E-state index in [1.54, 1.807) is 6.20 Å². The lowest BCUT2D eigenvalue weighted by Crippen LogP contribution is -2.66. The average Bonchev–Trinajstić information content (AvgIpc) is 3.07. The molecule has 1 unspecified atom stereocenters. The number of carbonyl (C=O) groups excluding carboxylic acids is 1. The Labute approximate surface area is 179 Å². The van der Waals surface area contributed by atoms with Crippen LogP contribution in [0.5, 0.6) is 0 Å². The number of fused-ring (bicyclic) bond motifs is 1. The summed E-state index contributed by atoms with van der Waals surface area (Å²) in [6.07, 6.45) is 6.10. The molecular formula is C21H30N4O4S. The number of likely N-dealkylation sites (tertiary alicyclic amines) is 1. The van der Waals surface area contributed by atoms with E-state index in [0.717, 1.165) is 37.0 Å². The van der Waals surface area contributed by atoms with E-state index in [9.17, 15) is 13.6 Å². The highest BCUT2D eigenvalue weighted by molar-refractivity contribution is 7.80. The fourth-order valence-corrected chi connectivity index (χ4v) is 5.80. The molecular weight excluding hydrogens is 404 g/mol. The third kappa shape index (κ3) is 4.10. The maximum atomic E-state index is 12.3. The van der Waals surface area contributed by atoms with Gasteiger partial charge < -0.3 is 19.6 Å². The molecule has 3 N–H and O–H groups in total. The van der Waals surface area contributed by atoms with Crippen molar-refractivity contribution in [1.82, 2.24) is 20.2 Å². The molecule has 3 heterocycles. The molecule has 1 saturated carbocycles. The number of H-pyrrole nitrogens is 1. The number of nitrogens with one attached hydrogen (secondary N) is 2. The number of piperidine rings is 1. The summed E-state index contributed by atoms with van der Waals surface area (Å²) < 4.78 is 27.6. The Kier molecular flexibility index (Phi) is 5.63. The number of ether oxygens (including phenoxy) is 1. The van der Waals surface area contributed by atoms with Crippen molar-refractivity contribution in [2.45, 2.75) is 68.9 Å². The van der Waals surface area contributed by atoms with Gasteiger partial charge >= 0.3 is 6.09 Å². The van der Waals surface area contributed by atoms with Gasteiger partial charge in [-0.2, -0.15) is 0 Å². The van der Waals surface area contributed by atoms with Crippen molar-refractivity contribution in [2.75, 3.05) is 13.1 Å². The quantitative estimate of drug-likeness (QED) is 0.637. The van der Waals surface area contributed by atoms with Crippen molar-refractivity contribution in [3.63, 3.8) is 0 Å². The number of aromatic nitrogens is 2. The summed E-state index contributed by atoms with van der Waals surface area (Å²) in [7, 11) is 0. The van der Waals surface area contributed by atoms with E-state index in [1.165, 1.54) is 5.56 Å². The fourth-order valence-electron chi connectivity index (χ4n) is 4.71. The van der Waals surface area contributed by atoms with E-state index in [4.69, 9.17) is 4.74 Å². The minimum Gasteiger partial charge on any atom is -0.444 e. The molecule has 1 amide bonds. The lowest BCUT2D eigenvalue weighted by molar-refractivity contribution is 0.0205. The molecule has 2 aromatic heterocycles. The standard InChI is InChI=1S/C21H30N4O4S/c1-20(2,3)29-19(26)24-15-11-21(12-15,30(27)28)25-9-6-14(7-10-25)17-13-23-18-16(17)5-4-8-22-18/h4-5,8,13-15H,6-7,9-12H2,1-3H3,(H,22,23)(H,24,26)(H,27,28). The second-order valence-corrected chi connectivity index (χ2v) is 10.6. The van der Waals surface area contributed by atoms with Crippen LogP contribution in [0.25, 0.3) is 11.0 Å². The van der Waals surface area contributed by atoms with Crippen LogP contribution in [-0.2, 0) is 15.8 Å². The van der Waals surface area contributed by atoms with Gasteiger partial charge in [0.15, 0.2) is 11.1 Å². The Morgan fingerprint density at radius 3 is 2.70 bits per heavy atom. The first-order valence-corrected chi connectivity index (χ1v) is 11.6. The summed E-state index contributed by atoms with van der Waals surface area (Å²) in [6.45, 7) is 6.95. The first kappa shape index (κ1) is 21.3. The van der Waals surface area contributed by atoms with Gasteiger partial charge in [0.05, 0.1) is 0 Å². The van der Waals surface area contributed by atoms with Gasteiger partial charge in [0.2, 0.25) is 0 Å². The molecule has 0 radical (unpaired) electrons. The number of carbonyl (C=O) groups is 1. The van der Waals surface area contributed by atoms with Crippen LogP contribution in [0.2, 0.25) is 0 Å². The van der Waals surface area contributed by atoms with E-state index in [2.05, 4.69) is 26.3 Å². The SMILES string of the molecule is CC(C)(C)OC(=O)NC1CC(N2CCC(c3c[nH]c4ncccc34)CC2)(S(=O)O)C1. The van der Waals surface area contributed by atoms with E-state index < -0.39 is 27.6 Å². The van der Waals surface area contributed by atoms with Crippen LogP contribution in [0, 0.1) is 0 Å². The Bertz CT molecular complexity index is 940. The van der Waals surface area contributed by atoms with Crippen molar-refractivity contribution >= 4 is 28.2 Å². The van der Waals surface area contributed by atoms with Crippen molar-refractivity contribution in [3.8, 4) is 0 Å². The maximum absolute atomic E-state index is 12.3. The summed E-state index contributed by atoms with van der Waals surface area (Å²) in [5.74, 6) is 0.402. The number of pyridine rings is 1. The Hall–Kier alpha value is -1.97. The minimum absolute atomic E-state index is 0.145. The molecule has 2 aromatic rings. The summed E-state index contributed by atoms with van der Waals surface area (Å²) in [6, 6.07) is 3.89. The van der Waals surface area contributed by atoms with Gasteiger partial charge in [0.1, 0.15) is 16.1 Å². The summed E-state index contributed by atoms with van der Waals surface area (Å²) in [4.78, 5) is 21.0. The van der Waals surface area contributed by atoms with E-state index in [0.29, 0.717) is 18.8 Å². The van der Waals surface area contributed by atoms with E-state index in [1.807, 2.05) is 33.0 Å². The van der Waals surface area contributed by atoms with Crippen LogP contribution in [0.4, 0.5) is 4.79 Å². The molecule has 1 atom stereocenters. The Balaban J connectivity index is 1.37. The third-order valence-corrected chi connectivity index (χ3v) is 7.41. The smallest absolute Gasteiger partial charge is 0.407 e. The molecule has 2 aliphatic rings. The molecule has 164 valence electrons. The monoisotopic (exact) mass is 434 g/mol. The second kappa shape index (κ2) is 7.94. The molecule has 0 spiro atoms. The third-order valence-electron chi connectivity index (χ3n) is 6.17. The van der Waals surface area contributed by atoms with Gasteiger partial charge in [-0.3, -0.25) is 4.90 Å². The van der Waals surface area contributed by atoms with Crippen LogP contribution >= 0.6 is 0 Å².